The Morgan fingerprint density at radius 1 is 0.833 bits per heavy atom. The third-order valence-corrected chi connectivity index (χ3v) is 10.3. The minimum Gasteiger partial charge on any atom is -0.497 e. The van der Waals surface area contributed by atoms with Crippen molar-refractivity contribution in [3.05, 3.63) is 132 Å². The van der Waals surface area contributed by atoms with Crippen molar-refractivity contribution >= 4 is 28.9 Å². The molecule has 1 aliphatic heterocycles. The fourth-order valence-corrected chi connectivity index (χ4v) is 7.29. The van der Waals surface area contributed by atoms with E-state index in [4.69, 9.17) is 23.7 Å². The molecular weight excluding hydrogens is 705 g/mol. The largest absolute Gasteiger partial charge is 0.497 e. The Labute approximate surface area is 318 Å². The van der Waals surface area contributed by atoms with E-state index in [2.05, 4.69) is 15.0 Å². The van der Waals surface area contributed by atoms with Crippen molar-refractivity contribution in [1.29, 1.82) is 0 Å². The van der Waals surface area contributed by atoms with E-state index in [0.29, 0.717) is 28.4 Å². The molecule has 3 atom stereocenters. The van der Waals surface area contributed by atoms with Crippen LogP contribution in [0.3, 0.4) is 0 Å². The predicted octanol–water partition coefficient (Wildman–Crippen LogP) is 7.60. The number of hydrogen-bond acceptors (Lipinski definition) is 11. The van der Waals surface area contributed by atoms with Crippen molar-refractivity contribution in [3.63, 3.8) is 0 Å². The number of carbonyl (C=O) groups is 1. The molecule has 0 radical (unpaired) electrons. The summed E-state index contributed by atoms with van der Waals surface area (Å²) >= 11 is 1.39. The van der Waals surface area contributed by atoms with Crippen LogP contribution in [-0.4, -0.2) is 63.6 Å². The lowest BCUT2D eigenvalue weighted by Crippen LogP contribution is -2.38. The van der Waals surface area contributed by atoms with E-state index in [-0.39, 0.29) is 12.6 Å². The number of carbonyl (C=O) groups excluding carboxylic acids is 1. The lowest BCUT2D eigenvalue weighted by atomic mass is 9.80. The van der Waals surface area contributed by atoms with Crippen LogP contribution in [0.4, 0.5) is 0 Å². The number of aliphatic hydroxyl groups is 1. The zero-order valence-corrected chi connectivity index (χ0v) is 31.5. The van der Waals surface area contributed by atoms with Crippen molar-refractivity contribution in [3.8, 4) is 17.2 Å². The average molecular weight is 747 g/mol. The van der Waals surface area contributed by atoms with E-state index in [0.717, 1.165) is 33.1 Å². The first-order chi connectivity index (χ1) is 26.1. The number of aliphatic hydroxyl groups excluding tert-OH is 1. The molecule has 1 fully saturated rings. The minimum absolute atomic E-state index is 0.0729. The maximum atomic E-state index is 12.5. The number of nitrogens with zero attached hydrogens (tertiary/aromatic N) is 4. The van der Waals surface area contributed by atoms with Gasteiger partial charge in [0.15, 0.2) is 5.65 Å². The molecule has 0 aliphatic carbocycles. The molecule has 6 aromatic rings. The second kappa shape index (κ2) is 15.6. The topological polar surface area (TPSA) is 127 Å². The van der Waals surface area contributed by atoms with Gasteiger partial charge in [0.1, 0.15) is 52.1 Å². The summed E-state index contributed by atoms with van der Waals surface area (Å²) in [6.07, 6.45) is 1.39. The van der Waals surface area contributed by atoms with E-state index in [9.17, 15) is 9.90 Å². The van der Waals surface area contributed by atoms with Gasteiger partial charge in [-0.05, 0) is 79.9 Å². The zero-order valence-electron chi connectivity index (χ0n) is 30.7. The summed E-state index contributed by atoms with van der Waals surface area (Å²) in [5.74, 6) is 1.58. The van der Waals surface area contributed by atoms with Gasteiger partial charge < -0.3 is 28.8 Å². The van der Waals surface area contributed by atoms with Gasteiger partial charge in [-0.2, -0.15) is 0 Å². The van der Waals surface area contributed by atoms with Crippen LogP contribution in [0, 0.1) is 5.41 Å². The molecule has 0 bridgehead atoms. The number of methoxy groups -OCH3 is 2. The Kier molecular flexibility index (Phi) is 10.7. The first-order valence-electron chi connectivity index (χ1n) is 17.6. The maximum absolute atomic E-state index is 12.5. The van der Waals surface area contributed by atoms with E-state index in [1.54, 1.807) is 32.7 Å². The number of fused-ring (bicyclic) bond motifs is 1. The molecule has 7 rings (SSSR count). The fourth-order valence-electron chi connectivity index (χ4n) is 6.41. The number of ether oxygens (including phenoxy) is 5. The Balaban J connectivity index is 1.14. The van der Waals surface area contributed by atoms with Crippen LogP contribution < -0.4 is 14.2 Å². The van der Waals surface area contributed by atoms with E-state index >= 15 is 0 Å². The predicted molar refractivity (Wildman–Crippen MR) is 204 cm³/mol. The van der Waals surface area contributed by atoms with Gasteiger partial charge in [-0.25, -0.2) is 15.0 Å². The normalized spacial score (nSPS) is 17.4. The van der Waals surface area contributed by atoms with Crippen LogP contribution in [-0.2, 0) is 19.9 Å². The Hall–Kier alpha value is -5.27. The van der Waals surface area contributed by atoms with Gasteiger partial charge in [0, 0.05) is 11.3 Å². The summed E-state index contributed by atoms with van der Waals surface area (Å²) in [6.45, 7) is 5.51. The molecule has 11 nitrogen and oxygen atoms in total. The number of rotatable bonds is 12. The number of imidazole rings is 1. The first-order valence-corrected chi connectivity index (χ1v) is 18.4. The highest BCUT2D eigenvalue weighted by Crippen LogP contribution is 2.43. The van der Waals surface area contributed by atoms with Crippen LogP contribution in [0.15, 0.2) is 126 Å². The summed E-state index contributed by atoms with van der Waals surface area (Å²) in [7, 11) is 3.27. The van der Waals surface area contributed by atoms with E-state index < -0.39 is 29.5 Å². The van der Waals surface area contributed by atoms with Crippen molar-refractivity contribution in [2.75, 3.05) is 20.8 Å². The molecule has 278 valence electrons. The third kappa shape index (κ3) is 7.56. The lowest BCUT2D eigenvalue weighted by Gasteiger charge is -2.37. The van der Waals surface area contributed by atoms with Crippen molar-refractivity contribution in [2.24, 2.45) is 5.41 Å². The molecule has 0 spiro atoms. The van der Waals surface area contributed by atoms with Gasteiger partial charge in [-0.15, -0.1) is 0 Å². The Morgan fingerprint density at radius 2 is 1.48 bits per heavy atom. The van der Waals surface area contributed by atoms with Gasteiger partial charge in [0.05, 0.1) is 38.7 Å². The number of hydrogen-bond donors (Lipinski definition) is 1. The molecular formula is C42H42N4O7S. The Bertz CT molecular complexity index is 2160. The highest BCUT2D eigenvalue weighted by Gasteiger charge is 2.42. The summed E-state index contributed by atoms with van der Waals surface area (Å²) in [4.78, 5) is 27.0. The summed E-state index contributed by atoms with van der Waals surface area (Å²) in [6, 6.07) is 32.9. The number of aromatic nitrogens is 4. The quantitative estimate of drug-likeness (QED) is 0.0576. The standard InChI is InChI=1S/C42H42N4O7S/c1-41(2,3)40(48)52-32-12-9-13-33(22-32)54-39-37-38(43-25-44-39)46(26-45-37)36-23-34(47)35(53-36)24-51-42(27-10-7-6-8-11-27,28-14-18-30(49-4)19-15-28)29-16-20-31(50-5)21-17-29/h6-22,25-26,34-36,47H,23-24H2,1-5H3/t34-,35+,36+/m0/s1. The third-order valence-electron chi connectivity index (χ3n) is 9.32. The zero-order chi connectivity index (χ0) is 37.9. The SMILES string of the molecule is COc1ccc(C(OC[C@H]2O[C@@H](n3cnc4c(Sc5cccc(OC(=O)C(C)(C)C)c5)ncnc43)C[C@@H]2O)(c2ccccc2)c2ccc(OC)cc2)cc1. The second-order valence-corrected chi connectivity index (χ2v) is 15.0. The maximum Gasteiger partial charge on any atom is 0.316 e. The minimum atomic E-state index is -1.07. The van der Waals surface area contributed by atoms with Crippen LogP contribution >= 0.6 is 11.8 Å². The molecule has 0 amide bonds. The lowest BCUT2D eigenvalue weighted by molar-refractivity contribution is -0.143. The summed E-state index contributed by atoms with van der Waals surface area (Å²) in [5.41, 5.74) is 2.12. The van der Waals surface area contributed by atoms with Crippen LogP contribution in [0.2, 0.25) is 0 Å². The monoisotopic (exact) mass is 746 g/mol. The molecule has 0 unspecified atom stereocenters. The molecule has 4 aromatic carbocycles. The van der Waals surface area contributed by atoms with Crippen molar-refractivity contribution in [2.45, 2.75) is 61.2 Å². The van der Waals surface area contributed by atoms with Crippen LogP contribution in [0.25, 0.3) is 11.2 Å². The highest BCUT2D eigenvalue weighted by atomic mass is 32.2. The average Bonchev–Trinajstić information content (AvgIpc) is 3.79. The second-order valence-electron chi connectivity index (χ2n) is 14.0. The molecule has 1 saturated heterocycles. The number of benzene rings is 4. The Morgan fingerprint density at radius 3 is 2.11 bits per heavy atom. The summed E-state index contributed by atoms with van der Waals surface area (Å²) in [5, 5.41) is 12.0. The van der Waals surface area contributed by atoms with Gasteiger partial charge in [-0.3, -0.25) is 9.36 Å². The number of esters is 1. The smallest absolute Gasteiger partial charge is 0.316 e. The highest BCUT2D eigenvalue weighted by molar-refractivity contribution is 7.99. The van der Waals surface area contributed by atoms with Crippen molar-refractivity contribution < 1.29 is 33.6 Å². The summed E-state index contributed by atoms with van der Waals surface area (Å²) < 4.78 is 31.9. The van der Waals surface area contributed by atoms with Gasteiger partial charge in [0.2, 0.25) is 0 Å². The molecule has 3 heterocycles. The van der Waals surface area contributed by atoms with Crippen molar-refractivity contribution in [1.82, 2.24) is 19.5 Å². The van der Waals surface area contributed by atoms with Gasteiger partial charge in [0.25, 0.3) is 0 Å². The van der Waals surface area contributed by atoms with Crippen LogP contribution in [0.5, 0.6) is 17.2 Å². The molecule has 12 heteroatoms. The molecule has 2 aromatic heterocycles. The van der Waals surface area contributed by atoms with Gasteiger partial charge in [-0.1, -0.05) is 72.4 Å². The van der Waals surface area contributed by atoms with E-state index in [1.807, 2.05) is 116 Å². The molecule has 0 saturated carbocycles. The van der Waals surface area contributed by atoms with E-state index in [1.165, 1.54) is 18.1 Å². The van der Waals surface area contributed by atoms with Gasteiger partial charge >= 0.3 is 5.97 Å². The molecule has 54 heavy (non-hydrogen) atoms. The van der Waals surface area contributed by atoms with Crippen LogP contribution in [0.1, 0.15) is 50.1 Å². The fraction of sp³-hybridized carbons (Fsp3) is 0.286. The first kappa shape index (κ1) is 37.1. The molecule has 1 aliphatic rings. The molecule has 1 N–H and O–H groups in total.